The van der Waals surface area contributed by atoms with Crippen molar-refractivity contribution in [3.8, 4) is 0 Å². The molecule has 0 heterocycles. The molecule has 0 aromatic carbocycles. The predicted molar refractivity (Wildman–Crippen MR) is 33.1 cm³/mol. The standard InChI is InChI=1S/C6H14N.Y/c1-5-6-7(2,3)4;/h5H,1,6H2,2-4H3;/q+1;. The van der Waals surface area contributed by atoms with E-state index in [4.69, 9.17) is 0 Å². The summed E-state index contributed by atoms with van der Waals surface area (Å²) in [6, 6.07) is 0. The Hall–Kier alpha value is 0.804. The molecule has 8 heavy (non-hydrogen) atoms. The summed E-state index contributed by atoms with van der Waals surface area (Å²) in [6.07, 6.45) is 1.93. The molecule has 0 bridgehead atoms. The van der Waals surface area contributed by atoms with Crippen LogP contribution < -0.4 is 0 Å². The predicted octanol–water partition coefficient (Wildman–Crippen LogP) is 0.876. The molecule has 0 N–H and O–H groups in total. The molecule has 0 saturated carbocycles. The molecule has 0 atom stereocenters. The Labute approximate surface area is 77.2 Å². The van der Waals surface area contributed by atoms with Gasteiger partial charge in [-0.1, -0.05) is 6.58 Å². The zero-order valence-electron chi connectivity index (χ0n) is 6.02. The van der Waals surface area contributed by atoms with Gasteiger partial charge in [-0.15, -0.1) is 0 Å². The fraction of sp³-hybridized carbons (Fsp3) is 0.667. The first-order chi connectivity index (χ1) is 3.06. The second-order valence-corrected chi connectivity index (χ2v) is 2.76. The van der Waals surface area contributed by atoms with Gasteiger partial charge in [0.1, 0.15) is 0 Å². The van der Waals surface area contributed by atoms with Crippen molar-refractivity contribution in [2.24, 2.45) is 0 Å². The Morgan fingerprint density at radius 2 is 1.75 bits per heavy atom. The van der Waals surface area contributed by atoms with Crippen molar-refractivity contribution in [3.05, 3.63) is 12.7 Å². The van der Waals surface area contributed by atoms with Crippen molar-refractivity contribution in [3.63, 3.8) is 0 Å². The van der Waals surface area contributed by atoms with Crippen LogP contribution in [0.25, 0.3) is 0 Å². The van der Waals surface area contributed by atoms with Crippen LogP contribution in [-0.2, 0) is 32.7 Å². The summed E-state index contributed by atoms with van der Waals surface area (Å²) in [5.41, 5.74) is 0. The van der Waals surface area contributed by atoms with Crippen molar-refractivity contribution in [2.45, 2.75) is 0 Å². The van der Waals surface area contributed by atoms with E-state index in [2.05, 4.69) is 27.7 Å². The maximum Gasteiger partial charge on any atom is 0.0964 e. The smallest absolute Gasteiger partial charge is 0.0964 e. The Morgan fingerprint density at radius 3 is 1.75 bits per heavy atom. The van der Waals surface area contributed by atoms with Crippen LogP contribution in [0.3, 0.4) is 0 Å². The molecule has 0 aliphatic carbocycles. The molecule has 0 fully saturated rings. The van der Waals surface area contributed by atoms with E-state index in [0.717, 1.165) is 11.0 Å². The van der Waals surface area contributed by atoms with Gasteiger partial charge in [0.05, 0.1) is 27.7 Å². The second-order valence-electron chi connectivity index (χ2n) is 2.76. The van der Waals surface area contributed by atoms with E-state index in [9.17, 15) is 0 Å². The molecule has 0 aliphatic heterocycles. The zero-order chi connectivity index (χ0) is 5.91. The van der Waals surface area contributed by atoms with E-state index in [0.29, 0.717) is 0 Å². The summed E-state index contributed by atoms with van der Waals surface area (Å²) in [7, 11) is 6.42. The van der Waals surface area contributed by atoms with Crippen LogP contribution in [0.5, 0.6) is 0 Å². The first kappa shape index (κ1) is 11.6. The molecule has 2 heteroatoms. The maximum atomic E-state index is 3.63. The Balaban J connectivity index is 0. The van der Waals surface area contributed by atoms with Crippen molar-refractivity contribution in [1.82, 2.24) is 0 Å². The molecule has 45 valence electrons. The molecular weight excluding hydrogens is 175 g/mol. The Kier molecular flexibility index (Phi) is 6.75. The van der Waals surface area contributed by atoms with Gasteiger partial charge in [0.2, 0.25) is 0 Å². The number of hydrogen-bond acceptors (Lipinski definition) is 0. The topological polar surface area (TPSA) is 0 Å². The van der Waals surface area contributed by atoms with E-state index >= 15 is 0 Å². The van der Waals surface area contributed by atoms with Crippen LogP contribution in [0.15, 0.2) is 12.7 Å². The molecule has 0 saturated heterocycles. The second kappa shape index (κ2) is 4.66. The minimum Gasteiger partial charge on any atom is -0.328 e. The van der Waals surface area contributed by atoms with E-state index in [1.807, 2.05) is 6.08 Å². The minimum atomic E-state index is 0. The summed E-state index contributed by atoms with van der Waals surface area (Å²) < 4.78 is 0.976. The van der Waals surface area contributed by atoms with Gasteiger partial charge in [-0.2, -0.15) is 0 Å². The number of rotatable bonds is 2. The summed E-state index contributed by atoms with van der Waals surface area (Å²) >= 11 is 0. The molecular formula is C6H14NY+. The van der Waals surface area contributed by atoms with E-state index in [1.54, 1.807) is 0 Å². The van der Waals surface area contributed by atoms with Crippen molar-refractivity contribution in [2.75, 3.05) is 27.7 Å². The molecule has 0 rings (SSSR count). The van der Waals surface area contributed by atoms with E-state index in [1.165, 1.54) is 0 Å². The fourth-order valence-electron chi connectivity index (χ4n) is 0.387. The van der Waals surface area contributed by atoms with E-state index in [-0.39, 0.29) is 32.7 Å². The van der Waals surface area contributed by atoms with Crippen LogP contribution in [0.1, 0.15) is 0 Å². The minimum absolute atomic E-state index is 0. The monoisotopic (exact) mass is 189 g/mol. The third-order valence-electron chi connectivity index (χ3n) is 0.677. The number of hydrogen-bond donors (Lipinski definition) is 0. The van der Waals surface area contributed by atoms with E-state index < -0.39 is 0 Å². The third kappa shape index (κ3) is 9.93. The molecule has 0 spiro atoms. The van der Waals surface area contributed by atoms with Gasteiger partial charge in [-0.25, -0.2) is 0 Å². The maximum absolute atomic E-state index is 3.63. The van der Waals surface area contributed by atoms with Crippen LogP contribution >= 0.6 is 0 Å². The van der Waals surface area contributed by atoms with Crippen LogP contribution in [0.4, 0.5) is 0 Å². The van der Waals surface area contributed by atoms with Crippen molar-refractivity contribution in [1.29, 1.82) is 0 Å². The average molecular weight is 189 g/mol. The number of nitrogens with zero attached hydrogens (tertiary/aromatic N) is 1. The molecule has 0 unspecified atom stereocenters. The summed E-state index contributed by atoms with van der Waals surface area (Å²) in [6.45, 7) is 4.67. The van der Waals surface area contributed by atoms with Crippen LogP contribution in [0, 0.1) is 0 Å². The summed E-state index contributed by atoms with van der Waals surface area (Å²) in [4.78, 5) is 0. The fourth-order valence-corrected chi connectivity index (χ4v) is 0.387. The van der Waals surface area contributed by atoms with Crippen molar-refractivity contribution < 1.29 is 37.2 Å². The van der Waals surface area contributed by atoms with Gasteiger partial charge < -0.3 is 4.48 Å². The SMILES string of the molecule is C=CC[N+](C)(C)C.[Y]. The molecule has 0 aromatic heterocycles. The quantitative estimate of drug-likeness (QED) is 0.446. The van der Waals surface area contributed by atoms with Gasteiger partial charge >= 0.3 is 0 Å². The molecule has 1 radical (unpaired) electrons. The Bertz CT molecular complexity index is 63.4. The number of likely N-dealkylation sites (N-methyl/N-ethyl adjacent to an activating group) is 1. The largest absolute Gasteiger partial charge is 0.328 e. The van der Waals surface area contributed by atoms with Crippen LogP contribution in [-0.4, -0.2) is 32.2 Å². The molecule has 0 aromatic rings. The first-order valence-electron chi connectivity index (χ1n) is 2.47. The average Bonchev–Trinajstić information content (AvgIpc) is 1.30. The molecule has 0 aliphatic rings. The van der Waals surface area contributed by atoms with Crippen LogP contribution in [0.2, 0.25) is 0 Å². The van der Waals surface area contributed by atoms with Gasteiger partial charge in [0, 0.05) is 32.7 Å². The Morgan fingerprint density at radius 1 is 1.38 bits per heavy atom. The molecule has 1 nitrogen and oxygen atoms in total. The van der Waals surface area contributed by atoms with Crippen molar-refractivity contribution >= 4 is 0 Å². The zero-order valence-corrected chi connectivity index (χ0v) is 8.85. The van der Waals surface area contributed by atoms with Gasteiger partial charge in [0.25, 0.3) is 0 Å². The summed E-state index contributed by atoms with van der Waals surface area (Å²) in [5.74, 6) is 0. The summed E-state index contributed by atoms with van der Waals surface area (Å²) in [5, 5.41) is 0. The van der Waals surface area contributed by atoms with Gasteiger partial charge in [-0.3, -0.25) is 0 Å². The first-order valence-corrected chi connectivity index (χ1v) is 2.47. The normalized spacial score (nSPS) is 9.88. The van der Waals surface area contributed by atoms with Gasteiger partial charge in [0.15, 0.2) is 0 Å². The van der Waals surface area contributed by atoms with Gasteiger partial charge in [-0.05, 0) is 6.08 Å². The molecule has 0 amide bonds. The number of quaternary nitrogens is 1. The third-order valence-corrected chi connectivity index (χ3v) is 0.677.